The quantitative estimate of drug-likeness (QED) is 0.299. The molecule has 0 amide bonds. The molecule has 0 radical (unpaired) electrons. The number of hydrogen-bond donors (Lipinski definition) is 0. The van der Waals surface area contributed by atoms with E-state index in [-0.39, 0.29) is 11.2 Å². The first-order chi connectivity index (χ1) is 18.2. The Morgan fingerprint density at radius 3 is 1.15 bits per heavy atom. The third-order valence-electron chi connectivity index (χ3n) is 15.5. The van der Waals surface area contributed by atoms with Gasteiger partial charge in [-0.1, -0.05) is 41.5 Å². The van der Waals surface area contributed by atoms with E-state index in [1.165, 1.54) is 51.4 Å². The fourth-order valence-electron chi connectivity index (χ4n) is 14.0. The molecule has 2 aliphatic heterocycles. The molecule has 6 aliphatic carbocycles. The molecule has 0 aromatic rings. The van der Waals surface area contributed by atoms with E-state index in [0.717, 1.165) is 23.7 Å². The van der Waals surface area contributed by atoms with Crippen LogP contribution in [-0.4, -0.2) is 35.0 Å². The van der Waals surface area contributed by atoms with E-state index in [2.05, 4.69) is 83.1 Å². The number of hydrogen-bond acceptors (Lipinski definition) is 4. The fourth-order valence-corrected chi connectivity index (χ4v) is 14.0. The van der Waals surface area contributed by atoms with Gasteiger partial charge in [0.25, 0.3) is 0 Å². The minimum Gasteiger partial charge on any atom is -0.344 e. The second-order valence-electron chi connectivity index (χ2n) is 18.7. The number of rotatable bonds is 0. The van der Waals surface area contributed by atoms with E-state index in [1.807, 2.05) is 0 Å². The largest absolute Gasteiger partial charge is 0.344 e. The molecule has 0 N–H and O–H groups in total. The Kier molecular flexibility index (Phi) is 5.66. The van der Waals surface area contributed by atoms with Crippen molar-refractivity contribution in [3.63, 3.8) is 0 Å². The van der Waals surface area contributed by atoms with Crippen LogP contribution in [0.15, 0.2) is 0 Å². The second-order valence-corrected chi connectivity index (χ2v) is 18.7. The summed E-state index contributed by atoms with van der Waals surface area (Å²) in [5.74, 6) is 3.91. The Labute approximate surface area is 245 Å². The van der Waals surface area contributed by atoms with E-state index >= 15 is 0 Å². The van der Waals surface area contributed by atoms with E-state index in [0.29, 0.717) is 45.7 Å². The van der Waals surface area contributed by atoms with Crippen LogP contribution >= 0.6 is 0 Å². The second kappa shape index (κ2) is 7.91. The Hall–Kier alpha value is -0.160. The molecule has 0 aromatic carbocycles. The summed E-state index contributed by atoms with van der Waals surface area (Å²) in [7, 11) is 0. The van der Waals surface area contributed by atoms with Gasteiger partial charge in [0.15, 0.2) is 11.6 Å². The van der Waals surface area contributed by atoms with Crippen molar-refractivity contribution in [2.24, 2.45) is 57.2 Å². The average Bonchev–Trinajstić information content (AvgIpc) is 3.53. The Morgan fingerprint density at radius 1 is 0.450 bits per heavy atom. The highest BCUT2D eigenvalue weighted by atomic mass is 16.8. The monoisotopic (exact) mass is 556 g/mol. The summed E-state index contributed by atoms with van der Waals surface area (Å²) in [6, 6.07) is 0. The lowest BCUT2D eigenvalue weighted by molar-refractivity contribution is -0.177. The normalized spacial score (nSPS) is 58.5. The van der Waals surface area contributed by atoms with Crippen molar-refractivity contribution in [1.82, 2.24) is 0 Å². The maximum atomic E-state index is 6.48. The zero-order valence-corrected chi connectivity index (χ0v) is 27.9. The van der Waals surface area contributed by atoms with Crippen LogP contribution in [0.25, 0.3) is 0 Å². The van der Waals surface area contributed by atoms with Gasteiger partial charge in [-0.2, -0.15) is 0 Å². The number of fused-ring (bicyclic) bond motifs is 6. The van der Waals surface area contributed by atoms with Crippen molar-refractivity contribution in [1.29, 1.82) is 0 Å². The highest BCUT2D eigenvalue weighted by Gasteiger charge is 2.75. The average molecular weight is 557 g/mol. The van der Waals surface area contributed by atoms with Crippen molar-refractivity contribution < 1.29 is 18.9 Å². The molecule has 4 nitrogen and oxygen atoms in total. The lowest BCUT2D eigenvalue weighted by Gasteiger charge is -2.47. The van der Waals surface area contributed by atoms with Crippen molar-refractivity contribution >= 4 is 0 Å². The van der Waals surface area contributed by atoms with Gasteiger partial charge in [-0.25, -0.2) is 0 Å². The van der Waals surface area contributed by atoms with Gasteiger partial charge in [0.2, 0.25) is 0 Å². The van der Waals surface area contributed by atoms with Crippen molar-refractivity contribution in [2.75, 3.05) is 0 Å². The molecule has 0 unspecified atom stereocenters. The van der Waals surface area contributed by atoms with Crippen LogP contribution in [-0.2, 0) is 18.9 Å². The van der Waals surface area contributed by atoms with Crippen LogP contribution in [0.5, 0.6) is 0 Å². The van der Waals surface area contributed by atoms with Crippen molar-refractivity contribution in [3.8, 4) is 0 Å². The smallest absolute Gasteiger partial charge is 0.164 e. The molecule has 228 valence electrons. The first-order valence-corrected chi connectivity index (χ1v) is 17.0. The molecule has 0 aromatic heterocycles. The minimum atomic E-state index is -0.409. The molecule has 6 saturated carbocycles. The van der Waals surface area contributed by atoms with Crippen LogP contribution in [0.4, 0.5) is 0 Å². The molecule has 4 heteroatoms. The highest BCUT2D eigenvalue weighted by molar-refractivity contribution is 5.23. The standard InChI is InChI=1S/2C18H30O2/c2*1-11-7-8-12-15(2,3)13-9-18(11,12)10-14-17(13,6)20-16(4,5)19-14/h2*11-14H,7-10H2,1-6H3/t11-,12+,13-,14+,17+,18-;11-,12+,13-,14-,17-,18-/m11/s1. The summed E-state index contributed by atoms with van der Waals surface area (Å²) < 4.78 is 25.7. The molecule has 40 heavy (non-hydrogen) atoms. The van der Waals surface area contributed by atoms with Gasteiger partial charge < -0.3 is 18.9 Å². The number of ether oxygens (including phenoxy) is 4. The van der Waals surface area contributed by atoms with Gasteiger partial charge in [0.1, 0.15) is 0 Å². The van der Waals surface area contributed by atoms with E-state index in [9.17, 15) is 0 Å². The maximum Gasteiger partial charge on any atom is 0.164 e. The zero-order valence-electron chi connectivity index (χ0n) is 27.9. The predicted molar refractivity (Wildman–Crippen MR) is 159 cm³/mol. The Balaban J connectivity index is 0.000000132. The Bertz CT molecular complexity index is 993. The molecule has 4 bridgehead atoms. The third-order valence-corrected chi connectivity index (χ3v) is 15.5. The van der Waals surface area contributed by atoms with Gasteiger partial charge in [0.05, 0.1) is 23.4 Å². The van der Waals surface area contributed by atoms with Gasteiger partial charge in [-0.05, 0) is 150 Å². The molecule has 2 heterocycles. The molecule has 2 saturated heterocycles. The topological polar surface area (TPSA) is 36.9 Å². The molecule has 8 aliphatic rings. The van der Waals surface area contributed by atoms with Gasteiger partial charge in [-0.15, -0.1) is 0 Å². The van der Waals surface area contributed by atoms with Crippen LogP contribution in [0.1, 0.15) is 134 Å². The summed E-state index contributed by atoms with van der Waals surface area (Å²) in [6.07, 6.45) is 11.4. The van der Waals surface area contributed by atoms with Crippen molar-refractivity contribution in [3.05, 3.63) is 0 Å². The van der Waals surface area contributed by atoms with Gasteiger partial charge in [-0.3, -0.25) is 0 Å². The fraction of sp³-hybridized carbons (Fsp3) is 1.00. The van der Waals surface area contributed by atoms with Crippen molar-refractivity contribution in [2.45, 2.75) is 169 Å². The molecular weight excluding hydrogens is 496 g/mol. The SMILES string of the molecule is C[C@@H]1CC[C@H]2C(C)(C)[C@H]3C[C@@]12C[C@@H]1OC(C)(C)O[C@]13C.C[C@@H]1CC[C@H]2C(C)(C)[C@H]3C[C@@]12C[C@H]1OC(C)(C)O[C@]31C. The zero-order chi connectivity index (χ0) is 29.1. The molecule has 8 rings (SSSR count). The predicted octanol–water partition coefficient (Wildman–Crippen LogP) is 8.76. The first kappa shape index (κ1) is 28.6. The van der Waals surface area contributed by atoms with E-state index in [1.54, 1.807) is 0 Å². The molecule has 8 fully saturated rings. The van der Waals surface area contributed by atoms with Gasteiger partial charge >= 0.3 is 0 Å². The lowest BCUT2D eigenvalue weighted by Crippen LogP contribution is -2.52. The summed E-state index contributed by atoms with van der Waals surface area (Å²) >= 11 is 0. The third kappa shape index (κ3) is 3.35. The first-order valence-electron chi connectivity index (χ1n) is 17.0. The minimum absolute atomic E-state index is 0.0810. The van der Waals surface area contributed by atoms with E-state index in [4.69, 9.17) is 18.9 Å². The molecular formula is C36H60O4. The molecule has 2 spiro atoms. The van der Waals surface area contributed by atoms with Crippen LogP contribution in [0.2, 0.25) is 0 Å². The summed E-state index contributed by atoms with van der Waals surface area (Å²) in [5, 5.41) is 0. The summed E-state index contributed by atoms with van der Waals surface area (Å²) in [6.45, 7) is 28.0. The highest BCUT2D eigenvalue weighted by Crippen LogP contribution is 2.76. The lowest BCUT2D eigenvalue weighted by atomic mass is 9.63. The summed E-state index contributed by atoms with van der Waals surface area (Å²) in [5.41, 5.74) is 1.67. The summed E-state index contributed by atoms with van der Waals surface area (Å²) in [4.78, 5) is 0. The van der Waals surface area contributed by atoms with Crippen LogP contribution in [0.3, 0.4) is 0 Å². The van der Waals surface area contributed by atoms with E-state index < -0.39 is 11.6 Å². The van der Waals surface area contributed by atoms with Crippen LogP contribution < -0.4 is 0 Å². The Morgan fingerprint density at radius 2 is 0.800 bits per heavy atom. The van der Waals surface area contributed by atoms with Crippen LogP contribution in [0, 0.1) is 57.2 Å². The molecule has 12 atom stereocenters. The van der Waals surface area contributed by atoms with Gasteiger partial charge in [0, 0.05) is 0 Å². The maximum absolute atomic E-state index is 6.48.